The van der Waals surface area contributed by atoms with Crippen molar-refractivity contribution in [1.29, 1.82) is 0 Å². The molecule has 1 aromatic carbocycles. The molecule has 2 N–H and O–H groups in total. The molecule has 0 aliphatic carbocycles. The van der Waals surface area contributed by atoms with Gasteiger partial charge >= 0.3 is 0 Å². The van der Waals surface area contributed by atoms with E-state index >= 15 is 0 Å². The van der Waals surface area contributed by atoms with Crippen molar-refractivity contribution in [2.75, 3.05) is 6.61 Å². The number of halogens is 2. The van der Waals surface area contributed by atoms with Gasteiger partial charge in [0.2, 0.25) is 5.82 Å². The Morgan fingerprint density at radius 1 is 1.21 bits per heavy atom. The summed E-state index contributed by atoms with van der Waals surface area (Å²) < 4.78 is 34.1. The number of aromatic nitrogens is 2. The Kier molecular flexibility index (Phi) is 5.49. The highest BCUT2D eigenvalue weighted by atomic mass is 19.2. The van der Waals surface area contributed by atoms with Crippen molar-refractivity contribution in [2.45, 2.75) is 39.7 Å². The minimum absolute atomic E-state index is 0.0723. The molecule has 1 unspecified atom stereocenters. The molecule has 0 spiro atoms. The van der Waals surface area contributed by atoms with Gasteiger partial charge < -0.3 is 10.5 Å². The molecule has 0 saturated heterocycles. The van der Waals surface area contributed by atoms with E-state index in [1.54, 1.807) is 6.92 Å². The second-order valence-electron chi connectivity index (χ2n) is 6.77. The molecular formula is C18H23F2N3O. The largest absolute Gasteiger partial charge is 0.488 e. The number of nitrogens with two attached hydrogens (primary N) is 1. The van der Waals surface area contributed by atoms with Crippen LogP contribution in [-0.2, 0) is 0 Å². The van der Waals surface area contributed by atoms with Crippen molar-refractivity contribution in [3.63, 3.8) is 0 Å². The maximum absolute atomic E-state index is 14.4. The molecular weight excluding hydrogens is 312 g/mol. The Morgan fingerprint density at radius 2 is 1.92 bits per heavy atom. The minimum Gasteiger partial charge on any atom is -0.488 e. The standard InChI is InChI=1S/C18H23F2N3O/c1-11(2)9-18(4,21)10-24-15-6-5-13(16(19)17(15)20)14-7-8-22-12(3)23-14/h5-8,11H,9-10,21H2,1-4H3. The average Bonchev–Trinajstić information content (AvgIpc) is 2.47. The second-order valence-corrected chi connectivity index (χ2v) is 6.77. The number of nitrogens with zero attached hydrogens (tertiary/aromatic N) is 2. The Morgan fingerprint density at radius 3 is 2.54 bits per heavy atom. The normalized spacial score (nSPS) is 13.8. The summed E-state index contributed by atoms with van der Waals surface area (Å²) in [5.74, 6) is -1.31. The molecule has 0 aliphatic heterocycles. The van der Waals surface area contributed by atoms with Crippen molar-refractivity contribution in [1.82, 2.24) is 9.97 Å². The smallest absolute Gasteiger partial charge is 0.201 e. The lowest BCUT2D eigenvalue weighted by molar-refractivity contribution is 0.198. The van der Waals surface area contributed by atoms with E-state index in [9.17, 15) is 8.78 Å². The van der Waals surface area contributed by atoms with Crippen LogP contribution in [0.3, 0.4) is 0 Å². The van der Waals surface area contributed by atoms with Gasteiger partial charge in [-0.3, -0.25) is 0 Å². The summed E-state index contributed by atoms with van der Waals surface area (Å²) in [5.41, 5.74) is 5.92. The fourth-order valence-electron chi connectivity index (χ4n) is 2.68. The van der Waals surface area contributed by atoms with Gasteiger partial charge in [-0.2, -0.15) is 4.39 Å². The molecule has 0 saturated carbocycles. The summed E-state index contributed by atoms with van der Waals surface area (Å²) in [4.78, 5) is 8.06. The molecule has 0 fully saturated rings. The Labute approximate surface area is 141 Å². The fourth-order valence-corrected chi connectivity index (χ4v) is 2.68. The Hall–Kier alpha value is -2.08. The monoisotopic (exact) mass is 335 g/mol. The van der Waals surface area contributed by atoms with Crippen LogP contribution in [0, 0.1) is 24.5 Å². The van der Waals surface area contributed by atoms with E-state index in [1.807, 2.05) is 20.8 Å². The van der Waals surface area contributed by atoms with Crippen molar-refractivity contribution < 1.29 is 13.5 Å². The molecule has 6 heteroatoms. The molecule has 0 radical (unpaired) electrons. The molecule has 2 aromatic rings. The van der Waals surface area contributed by atoms with Gasteiger partial charge in [-0.15, -0.1) is 0 Å². The zero-order chi connectivity index (χ0) is 17.9. The lowest BCUT2D eigenvalue weighted by Crippen LogP contribution is -2.43. The van der Waals surface area contributed by atoms with Gasteiger partial charge in [0, 0.05) is 17.3 Å². The first-order valence-electron chi connectivity index (χ1n) is 7.89. The maximum atomic E-state index is 14.4. The van der Waals surface area contributed by atoms with E-state index < -0.39 is 17.2 Å². The number of benzene rings is 1. The quantitative estimate of drug-likeness (QED) is 0.870. The predicted molar refractivity (Wildman–Crippen MR) is 89.7 cm³/mol. The lowest BCUT2D eigenvalue weighted by Gasteiger charge is -2.26. The van der Waals surface area contributed by atoms with Crippen LogP contribution in [0.25, 0.3) is 11.3 Å². The third-order valence-electron chi connectivity index (χ3n) is 3.53. The predicted octanol–water partition coefficient (Wildman–Crippen LogP) is 3.87. The first-order valence-corrected chi connectivity index (χ1v) is 7.89. The number of ether oxygens (including phenoxy) is 1. The Bertz CT molecular complexity index is 717. The third kappa shape index (κ3) is 4.47. The number of hydrogen-bond donors (Lipinski definition) is 1. The molecule has 2 rings (SSSR count). The van der Waals surface area contributed by atoms with Crippen molar-refractivity contribution in [3.05, 3.63) is 41.9 Å². The topological polar surface area (TPSA) is 61.0 Å². The molecule has 4 nitrogen and oxygen atoms in total. The van der Waals surface area contributed by atoms with Crippen LogP contribution in [0.15, 0.2) is 24.4 Å². The van der Waals surface area contributed by atoms with Crippen LogP contribution in [0.5, 0.6) is 5.75 Å². The molecule has 130 valence electrons. The van der Waals surface area contributed by atoms with E-state index in [-0.39, 0.29) is 17.9 Å². The Balaban J connectivity index is 2.21. The summed E-state index contributed by atoms with van der Waals surface area (Å²) in [5, 5.41) is 0. The van der Waals surface area contributed by atoms with Crippen LogP contribution >= 0.6 is 0 Å². The maximum Gasteiger partial charge on any atom is 0.201 e. The van der Waals surface area contributed by atoms with Crippen LogP contribution in [-0.4, -0.2) is 22.1 Å². The van der Waals surface area contributed by atoms with Gasteiger partial charge in [0.25, 0.3) is 0 Å². The van der Waals surface area contributed by atoms with Crippen LogP contribution in [0.4, 0.5) is 8.78 Å². The summed E-state index contributed by atoms with van der Waals surface area (Å²) in [6.45, 7) is 7.71. The second kappa shape index (κ2) is 7.21. The summed E-state index contributed by atoms with van der Waals surface area (Å²) in [7, 11) is 0. The third-order valence-corrected chi connectivity index (χ3v) is 3.53. The molecule has 0 bridgehead atoms. The highest BCUT2D eigenvalue weighted by Gasteiger charge is 2.23. The summed E-state index contributed by atoms with van der Waals surface area (Å²) in [6.07, 6.45) is 2.22. The van der Waals surface area contributed by atoms with Crippen LogP contribution in [0.2, 0.25) is 0 Å². The van der Waals surface area contributed by atoms with Gasteiger partial charge in [-0.1, -0.05) is 13.8 Å². The molecule has 24 heavy (non-hydrogen) atoms. The number of hydrogen-bond acceptors (Lipinski definition) is 4. The zero-order valence-electron chi connectivity index (χ0n) is 14.4. The molecule has 0 amide bonds. The van der Waals surface area contributed by atoms with E-state index in [4.69, 9.17) is 10.5 Å². The van der Waals surface area contributed by atoms with E-state index in [2.05, 4.69) is 9.97 Å². The first kappa shape index (κ1) is 18.3. The lowest BCUT2D eigenvalue weighted by atomic mass is 9.93. The summed E-state index contributed by atoms with van der Waals surface area (Å²) in [6, 6.07) is 4.38. The highest BCUT2D eigenvalue weighted by molar-refractivity contribution is 5.61. The van der Waals surface area contributed by atoms with Gasteiger partial charge in [-0.05, 0) is 44.4 Å². The van der Waals surface area contributed by atoms with E-state index in [1.165, 1.54) is 24.4 Å². The fraction of sp³-hybridized carbons (Fsp3) is 0.444. The number of rotatable bonds is 6. The molecule has 1 heterocycles. The van der Waals surface area contributed by atoms with Gasteiger partial charge in [0.05, 0.1) is 5.69 Å². The first-order chi connectivity index (χ1) is 11.2. The van der Waals surface area contributed by atoms with Gasteiger partial charge in [0.1, 0.15) is 12.4 Å². The number of aryl methyl sites for hydroxylation is 1. The SMILES string of the molecule is Cc1nccc(-c2ccc(OCC(C)(N)CC(C)C)c(F)c2F)n1. The van der Waals surface area contributed by atoms with Crippen LogP contribution in [0.1, 0.15) is 33.0 Å². The van der Waals surface area contributed by atoms with Gasteiger partial charge in [-0.25, -0.2) is 14.4 Å². The zero-order valence-corrected chi connectivity index (χ0v) is 14.4. The average molecular weight is 335 g/mol. The summed E-state index contributed by atoms with van der Waals surface area (Å²) >= 11 is 0. The molecule has 0 aliphatic rings. The van der Waals surface area contributed by atoms with Crippen molar-refractivity contribution in [3.8, 4) is 17.0 Å². The van der Waals surface area contributed by atoms with Gasteiger partial charge in [0.15, 0.2) is 11.6 Å². The van der Waals surface area contributed by atoms with Crippen molar-refractivity contribution >= 4 is 0 Å². The minimum atomic E-state index is -1.04. The van der Waals surface area contributed by atoms with E-state index in [0.717, 1.165) is 6.42 Å². The van der Waals surface area contributed by atoms with Crippen LogP contribution < -0.4 is 10.5 Å². The molecule has 1 aromatic heterocycles. The molecule has 1 atom stereocenters. The van der Waals surface area contributed by atoms with E-state index in [0.29, 0.717) is 17.4 Å². The highest BCUT2D eigenvalue weighted by Crippen LogP contribution is 2.29. The van der Waals surface area contributed by atoms with Crippen molar-refractivity contribution in [2.24, 2.45) is 11.7 Å².